The number of benzene rings is 2. The fourth-order valence-corrected chi connectivity index (χ4v) is 6.96. The number of hydrogen-bond donors (Lipinski definition) is 2. The lowest BCUT2D eigenvalue weighted by molar-refractivity contribution is 0.0545. The Bertz CT molecular complexity index is 1080. The molecule has 0 bridgehead atoms. The number of sulfone groups is 1. The van der Waals surface area contributed by atoms with E-state index in [9.17, 15) is 18.6 Å². The van der Waals surface area contributed by atoms with Gasteiger partial charge in [0.05, 0.1) is 15.6 Å². The highest BCUT2D eigenvalue weighted by atomic mass is 35.5. The predicted molar refractivity (Wildman–Crippen MR) is 130 cm³/mol. The maximum absolute atomic E-state index is 13.6. The van der Waals surface area contributed by atoms with Gasteiger partial charge in [0.15, 0.2) is 9.84 Å². The molecule has 8 heteroatoms. The van der Waals surface area contributed by atoms with Gasteiger partial charge < -0.3 is 15.1 Å². The number of aliphatic hydroxyl groups is 2. The molecule has 0 saturated heterocycles. The summed E-state index contributed by atoms with van der Waals surface area (Å²) in [5, 5.41) is 21.6. The Morgan fingerprint density at radius 2 is 1.72 bits per heavy atom. The summed E-state index contributed by atoms with van der Waals surface area (Å²) in [5.41, 5.74) is 0.756. The van der Waals surface area contributed by atoms with Crippen molar-refractivity contribution in [1.29, 1.82) is 0 Å². The fraction of sp³-hybridized carbons (Fsp3) is 0.500. The van der Waals surface area contributed by atoms with E-state index < -0.39 is 32.1 Å². The van der Waals surface area contributed by atoms with Crippen LogP contribution >= 0.6 is 23.2 Å². The molecule has 0 heterocycles. The average molecular weight is 500 g/mol. The van der Waals surface area contributed by atoms with E-state index in [0.29, 0.717) is 27.7 Å². The lowest BCUT2D eigenvalue weighted by Gasteiger charge is -2.41. The molecule has 3 atom stereocenters. The summed E-state index contributed by atoms with van der Waals surface area (Å²) in [6.45, 7) is 9.52. The van der Waals surface area contributed by atoms with Gasteiger partial charge >= 0.3 is 0 Å². The van der Waals surface area contributed by atoms with Gasteiger partial charge in [0, 0.05) is 29.0 Å². The van der Waals surface area contributed by atoms with E-state index in [2.05, 4.69) is 0 Å². The molecule has 2 N–H and O–H groups in total. The fourth-order valence-electron chi connectivity index (χ4n) is 4.27. The number of halogens is 2. The second-order valence-corrected chi connectivity index (χ2v) is 12.9. The maximum Gasteiger partial charge on any atom is 0.188 e. The summed E-state index contributed by atoms with van der Waals surface area (Å²) in [6.07, 6.45) is -0.480. The molecule has 176 valence electrons. The highest BCUT2D eigenvalue weighted by Gasteiger charge is 2.64. The topological polar surface area (TPSA) is 77.8 Å². The van der Waals surface area contributed by atoms with Gasteiger partial charge in [-0.15, -0.1) is 0 Å². The van der Waals surface area contributed by atoms with Gasteiger partial charge in [0.25, 0.3) is 0 Å². The van der Waals surface area contributed by atoms with Crippen LogP contribution < -0.4 is 4.90 Å². The third-order valence-corrected chi connectivity index (χ3v) is 9.32. The number of hydrogen-bond acceptors (Lipinski definition) is 5. The minimum absolute atomic E-state index is 0.0366. The Morgan fingerprint density at radius 1 is 1.12 bits per heavy atom. The molecule has 32 heavy (non-hydrogen) atoms. The van der Waals surface area contributed by atoms with Gasteiger partial charge in [-0.3, -0.25) is 0 Å². The van der Waals surface area contributed by atoms with Crippen molar-refractivity contribution in [2.24, 2.45) is 11.3 Å². The van der Waals surface area contributed by atoms with Gasteiger partial charge in [-0.1, -0.05) is 50.0 Å². The molecule has 0 amide bonds. The molecule has 1 saturated carbocycles. The largest absolute Gasteiger partial charge is 0.396 e. The molecule has 5 nitrogen and oxygen atoms in total. The maximum atomic E-state index is 13.6. The Hall–Kier alpha value is -1.31. The van der Waals surface area contributed by atoms with E-state index in [1.807, 2.05) is 39.5 Å². The van der Waals surface area contributed by atoms with Crippen LogP contribution in [0.4, 0.5) is 5.69 Å². The first kappa shape index (κ1) is 25.3. The summed E-state index contributed by atoms with van der Waals surface area (Å²) in [7, 11) is -3.80. The molecule has 3 rings (SSSR count). The zero-order chi connectivity index (χ0) is 24.1. The van der Waals surface area contributed by atoms with Crippen molar-refractivity contribution in [1.82, 2.24) is 0 Å². The Labute approximate surface area is 200 Å². The molecule has 2 aromatic carbocycles. The summed E-state index contributed by atoms with van der Waals surface area (Å²) in [5.74, 6) is -0.425. The molecule has 0 aliphatic heterocycles. The Balaban J connectivity index is 2.09. The second-order valence-electron chi connectivity index (χ2n) is 9.84. The molecular weight excluding hydrogens is 469 g/mol. The highest BCUT2D eigenvalue weighted by Crippen LogP contribution is 2.60. The van der Waals surface area contributed by atoms with Crippen LogP contribution in [0.5, 0.6) is 0 Å². The monoisotopic (exact) mass is 499 g/mol. The summed E-state index contributed by atoms with van der Waals surface area (Å²) in [6, 6.07) is 11.2. The number of nitrogens with zero attached hydrogens (tertiary/aromatic N) is 1. The Morgan fingerprint density at radius 3 is 2.16 bits per heavy atom. The zero-order valence-corrected chi connectivity index (χ0v) is 21.3. The average Bonchev–Trinajstić information content (AvgIpc) is 3.45. The predicted octanol–water partition coefficient (Wildman–Crippen LogP) is 5.25. The zero-order valence-electron chi connectivity index (χ0n) is 19.0. The first-order valence-corrected chi connectivity index (χ1v) is 12.9. The van der Waals surface area contributed by atoms with Crippen LogP contribution in [0.15, 0.2) is 47.4 Å². The summed E-state index contributed by atoms with van der Waals surface area (Å²) in [4.78, 5) is 1.99. The van der Waals surface area contributed by atoms with Gasteiger partial charge in [-0.25, -0.2) is 8.42 Å². The van der Waals surface area contributed by atoms with Crippen molar-refractivity contribution in [3.05, 3.63) is 58.1 Å². The minimum atomic E-state index is -3.80. The first-order valence-electron chi connectivity index (χ1n) is 10.6. The number of anilines is 1. The van der Waals surface area contributed by atoms with Crippen molar-refractivity contribution in [2.75, 3.05) is 11.5 Å². The molecule has 1 aliphatic carbocycles. The smallest absolute Gasteiger partial charge is 0.188 e. The first-order chi connectivity index (χ1) is 14.8. The van der Waals surface area contributed by atoms with Gasteiger partial charge in [-0.2, -0.15) is 0 Å². The third-order valence-electron chi connectivity index (χ3n) is 6.18. The summed E-state index contributed by atoms with van der Waals surface area (Å²) >= 11 is 12.6. The van der Waals surface area contributed by atoms with E-state index in [1.165, 1.54) is 12.1 Å². The molecule has 0 spiro atoms. The van der Waals surface area contributed by atoms with Crippen molar-refractivity contribution in [3.8, 4) is 0 Å². The van der Waals surface area contributed by atoms with Crippen LogP contribution in [-0.2, 0) is 14.6 Å². The normalized spacial score (nSPS) is 22.1. The van der Waals surface area contributed by atoms with Crippen LogP contribution in [0.25, 0.3) is 0 Å². The van der Waals surface area contributed by atoms with Crippen LogP contribution in [0.1, 0.15) is 46.6 Å². The molecule has 1 fully saturated rings. The number of aliphatic hydroxyl groups excluding tert-OH is 2. The second kappa shape index (κ2) is 8.80. The third kappa shape index (κ3) is 4.28. The molecule has 0 aromatic heterocycles. The summed E-state index contributed by atoms with van der Waals surface area (Å²) < 4.78 is 26.0. The Kier molecular flexibility index (Phi) is 6.96. The van der Waals surface area contributed by atoms with E-state index in [0.717, 1.165) is 0 Å². The lowest BCUT2D eigenvalue weighted by Crippen LogP contribution is -2.48. The van der Waals surface area contributed by atoms with E-state index >= 15 is 0 Å². The van der Waals surface area contributed by atoms with Crippen LogP contribution in [0.3, 0.4) is 0 Å². The van der Waals surface area contributed by atoms with E-state index in [-0.39, 0.29) is 17.5 Å². The highest BCUT2D eigenvalue weighted by molar-refractivity contribution is 7.92. The number of rotatable bonds is 7. The van der Waals surface area contributed by atoms with Gasteiger partial charge in [0.1, 0.15) is 11.0 Å². The quantitative estimate of drug-likeness (QED) is 0.508. The van der Waals surface area contributed by atoms with Crippen molar-refractivity contribution in [3.63, 3.8) is 0 Å². The molecule has 2 aromatic rings. The van der Waals surface area contributed by atoms with E-state index in [1.54, 1.807) is 30.3 Å². The van der Waals surface area contributed by atoms with Crippen LogP contribution in [0.2, 0.25) is 10.0 Å². The van der Waals surface area contributed by atoms with Crippen molar-refractivity contribution in [2.45, 2.75) is 63.0 Å². The van der Waals surface area contributed by atoms with Crippen LogP contribution in [-0.4, -0.2) is 37.5 Å². The van der Waals surface area contributed by atoms with Crippen LogP contribution in [0, 0.1) is 11.3 Å². The molecule has 1 aliphatic rings. The van der Waals surface area contributed by atoms with E-state index in [4.69, 9.17) is 23.2 Å². The van der Waals surface area contributed by atoms with Gasteiger partial charge in [-0.05, 0) is 62.2 Å². The lowest BCUT2D eigenvalue weighted by atomic mass is 9.92. The van der Waals surface area contributed by atoms with Crippen molar-refractivity contribution < 1.29 is 18.6 Å². The standard InChI is InChI=1S/C24H31Cl2NO4S/c1-15(2)27(22(29)23(3,4)5)21-11-6-16(12-20(21)26)24(13-17(24)14-28)32(30,31)19-9-7-18(25)8-10-19/h6-12,15,17,22,28-29H,13-14H2,1-5H3. The van der Waals surface area contributed by atoms with Crippen molar-refractivity contribution >= 4 is 38.7 Å². The minimum Gasteiger partial charge on any atom is -0.396 e. The SMILES string of the molecule is CC(C)N(c1ccc(C2(S(=O)(=O)c3ccc(Cl)cc3)CC2CO)cc1Cl)C(O)C(C)(C)C. The van der Waals surface area contributed by atoms with Gasteiger partial charge in [0.2, 0.25) is 0 Å². The molecular formula is C24H31Cl2NO4S. The molecule has 0 radical (unpaired) electrons. The molecule has 3 unspecified atom stereocenters.